The van der Waals surface area contributed by atoms with Gasteiger partial charge < -0.3 is 0 Å². The lowest BCUT2D eigenvalue weighted by Gasteiger charge is -2.05. The van der Waals surface area contributed by atoms with E-state index in [0.29, 0.717) is 5.02 Å². The van der Waals surface area contributed by atoms with Gasteiger partial charge in [-0.25, -0.2) is 4.68 Å². The summed E-state index contributed by atoms with van der Waals surface area (Å²) in [7, 11) is 0. The standard InChI is InChI=1S/C15H12ClN4/c16-14-12(11-2-1-7-17-8-11)5-6-13-15(14)18-19-20(13)9-10-3-4-10/h1-2,5-6,8,10H,3-4,9H2. The number of pyridine rings is 1. The first-order valence-electron chi connectivity index (χ1n) is 6.67. The molecule has 20 heavy (non-hydrogen) atoms. The summed E-state index contributed by atoms with van der Waals surface area (Å²) in [5.74, 6) is 0.757. The Balaban J connectivity index is 1.83. The van der Waals surface area contributed by atoms with Crippen molar-refractivity contribution in [3.8, 4) is 11.1 Å². The summed E-state index contributed by atoms with van der Waals surface area (Å²) in [6.45, 7) is 0.939. The van der Waals surface area contributed by atoms with E-state index in [4.69, 9.17) is 11.6 Å². The van der Waals surface area contributed by atoms with Gasteiger partial charge >= 0.3 is 0 Å². The first-order chi connectivity index (χ1) is 9.83. The van der Waals surface area contributed by atoms with E-state index < -0.39 is 0 Å². The first-order valence-corrected chi connectivity index (χ1v) is 7.05. The minimum Gasteiger partial charge on any atom is -0.254 e. The van der Waals surface area contributed by atoms with Crippen LogP contribution in [0.25, 0.3) is 22.2 Å². The van der Waals surface area contributed by atoms with Crippen molar-refractivity contribution >= 4 is 22.6 Å². The Morgan fingerprint density at radius 3 is 2.95 bits per heavy atom. The highest BCUT2D eigenvalue weighted by Crippen LogP contribution is 2.35. The van der Waals surface area contributed by atoms with Crippen molar-refractivity contribution < 1.29 is 0 Å². The quantitative estimate of drug-likeness (QED) is 0.740. The van der Waals surface area contributed by atoms with Crippen LogP contribution in [0.2, 0.25) is 5.02 Å². The third-order valence-electron chi connectivity index (χ3n) is 3.68. The number of rotatable bonds is 3. The van der Waals surface area contributed by atoms with Crippen LogP contribution in [-0.4, -0.2) is 20.0 Å². The normalized spacial score (nSPS) is 14.8. The van der Waals surface area contributed by atoms with Gasteiger partial charge in [-0.2, -0.15) is 0 Å². The average molecular weight is 284 g/mol. The molecule has 1 aliphatic rings. The third kappa shape index (κ3) is 1.96. The molecule has 1 aromatic carbocycles. The van der Waals surface area contributed by atoms with Crippen molar-refractivity contribution in [1.29, 1.82) is 0 Å². The number of hydrogen-bond acceptors (Lipinski definition) is 3. The van der Waals surface area contributed by atoms with Gasteiger partial charge in [0.1, 0.15) is 5.52 Å². The molecule has 0 saturated heterocycles. The van der Waals surface area contributed by atoms with E-state index in [-0.39, 0.29) is 0 Å². The predicted molar refractivity (Wildman–Crippen MR) is 77.3 cm³/mol. The second kappa shape index (κ2) is 4.56. The van der Waals surface area contributed by atoms with Crippen molar-refractivity contribution in [3.63, 3.8) is 0 Å². The maximum atomic E-state index is 6.49. The zero-order valence-electron chi connectivity index (χ0n) is 10.8. The molecular formula is C15H12ClN4. The second-order valence-electron chi connectivity index (χ2n) is 5.19. The van der Waals surface area contributed by atoms with E-state index in [2.05, 4.69) is 21.5 Å². The Morgan fingerprint density at radius 1 is 1.30 bits per heavy atom. The molecule has 1 aliphatic carbocycles. The molecule has 0 spiro atoms. The molecule has 3 aromatic rings. The van der Waals surface area contributed by atoms with Gasteiger partial charge in [0.25, 0.3) is 0 Å². The fraction of sp³-hybridized carbons (Fsp3) is 0.267. The van der Waals surface area contributed by atoms with E-state index in [1.807, 2.05) is 22.9 Å². The van der Waals surface area contributed by atoms with E-state index >= 15 is 0 Å². The Kier molecular flexibility index (Phi) is 2.70. The zero-order valence-corrected chi connectivity index (χ0v) is 11.5. The largest absolute Gasteiger partial charge is 0.254 e. The smallest absolute Gasteiger partial charge is 0.132 e. The van der Waals surface area contributed by atoms with E-state index in [1.54, 1.807) is 12.3 Å². The SMILES string of the molecule is Clc1c(-c2cc[c]nc2)ccc2c1nnn2CC1CC1. The van der Waals surface area contributed by atoms with Crippen molar-refractivity contribution in [2.24, 2.45) is 5.92 Å². The van der Waals surface area contributed by atoms with Gasteiger partial charge in [-0.3, -0.25) is 4.98 Å². The number of aromatic nitrogens is 4. The van der Waals surface area contributed by atoms with Gasteiger partial charge in [-0.15, -0.1) is 5.10 Å². The summed E-state index contributed by atoms with van der Waals surface area (Å²) in [5, 5.41) is 9.11. The van der Waals surface area contributed by atoms with Crippen molar-refractivity contribution in [1.82, 2.24) is 20.0 Å². The van der Waals surface area contributed by atoms with Gasteiger partial charge in [0.2, 0.25) is 0 Å². The molecule has 1 radical (unpaired) electrons. The molecular weight excluding hydrogens is 272 g/mol. The minimum atomic E-state index is 0.637. The summed E-state index contributed by atoms with van der Waals surface area (Å²) >= 11 is 6.49. The van der Waals surface area contributed by atoms with Crippen LogP contribution in [0.3, 0.4) is 0 Å². The summed E-state index contributed by atoms with van der Waals surface area (Å²) in [6.07, 6.45) is 7.10. The summed E-state index contributed by atoms with van der Waals surface area (Å²) in [6, 6.07) is 7.76. The van der Waals surface area contributed by atoms with E-state index in [1.165, 1.54) is 12.8 Å². The molecule has 0 bridgehead atoms. The van der Waals surface area contributed by atoms with Gasteiger partial charge in [0, 0.05) is 23.9 Å². The van der Waals surface area contributed by atoms with Gasteiger partial charge in [-0.05, 0) is 30.9 Å². The molecule has 2 heterocycles. The summed E-state index contributed by atoms with van der Waals surface area (Å²) < 4.78 is 1.96. The van der Waals surface area contributed by atoms with Crippen molar-refractivity contribution in [2.75, 3.05) is 0 Å². The van der Waals surface area contributed by atoms with Crippen LogP contribution >= 0.6 is 11.6 Å². The highest BCUT2D eigenvalue weighted by molar-refractivity contribution is 6.37. The molecule has 4 nitrogen and oxygen atoms in total. The van der Waals surface area contributed by atoms with E-state index in [9.17, 15) is 0 Å². The molecule has 0 N–H and O–H groups in total. The molecule has 0 aliphatic heterocycles. The molecule has 5 heteroatoms. The lowest BCUT2D eigenvalue weighted by Crippen LogP contribution is -2.01. The molecule has 1 saturated carbocycles. The Labute approximate surface area is 121 Å². The molecule has 2 aromatic heterocycles. The molecule has 0 unspecified atom stereocenters. The molecule has 4 rings (SSSR count). The third-order valence-corrected chi connectivity index (χ3v) is 4.06. The molecule has 1 fully saturated rings. The Morgan fingerprint density at radius 2 is 2.20 bits per heavy atom. The minimum absolute atomic E-state index is 0.637. The fourth-order valence-electron chi connectivity index (χ4n) is 2.39. The number of fused-ring (bicyclic) bond motifs is 1. The van der Waals surface area contributed by atoms with Crippen LogP contribution in [0.5, 0.6) is 0 Å². The monoisotopic (exact) mass is 283 g/mol. The number of halogens is 1. The molecule has 0 atom stereocenters. The topological polar surface area (TPSA) is 43.6 Å². The van der Waals surface area contributed by atoms with Crippen LogP contribution in [0.1, 0.15) is 12.8 Å². The van der Waals surface area contributed by atoms with Crippen LogP contribution in [0.4, 0.5) is 0 Å². The molecule has 99 valence electrons. The fourth-order valence-corrected chi connectivity index (χ4v) is 2.69. The second-order valence-corrected chi connectivity index (χ2v) is 5.56. The van der Waals surface area contributed by atoms with E-state index in [0.717, 1.165) is 34.6 Å². The number of nitrogens with zero attached hydrogens (tertiary/aromatic N) is 4. The van der Waals surface area contributed by atoms with Gasteiger partial charge in [-0.1, -0.05) is 28.9 Å². The van der Waals surface area contributed by atoms with Gasteiger partial charge in [0.05, 0.1) is 16.7 Å². The van der Waals surface area contributed by atoms with Crippen molar-refractivity contribution in [2.45, 2.75) is 19.4 Å². The lowest BCUT2D eigenvalue weighted by molar-refractivity contribution is 0.559. The number of benzene rings is 1. The maximum absolute atomic E-state index is 6.49. The van der Waals surface area contributed by atoms with Gasteiger partial charge in [0.15, 0.2) is 0 Å². The average Bonchev–Trinajstić information content (AvgIpc) is 3.20. The summed E-state index contributed by atoms with van der Waals surface area (Å²) in [4.78, 5) is 4.01. The lowest BCUT2D eigenvalue weighted by atomic mass is 10.1. The highest BCUT2D eigenvalue weighted by Gasteiger charge is 2.23. The van der Waals surface area contributed by atoms with Crippen LogP contribution in [-0.2, 0) is 6.54 Å². The highest BCUT2D eigenvalue weighted by atomic mass is 35.5. The first kappa shape index (κ1) is 11.9. The van der Waals surface area contributed by atoms with Crippen molar-refractivity contribution in [3.05, 3.63) is 41.7 Å². The Hall–Kier alpha value is -1.94. The number of hydrogen-bond donors (Lipinski definition) is 0. The summed E-state index contributed by atoms with van der Waals surface area (Å²) in [5.41, 5.74) is 3.66. The van der Waals surface area contributed by atoms with Crippen LogP contribution < -0.4 is 0 Å². The predicted octanol–water partition coefficient (Wildman–Crippen LogP) is 3.36. The molecule has 0 amide bonds. The maximum Gasteiger partial charge on any atom is 0.132 e. The zero-order chi connectivity index (χ0) is 13.5. The van der Waals surface area contributed by atoms with Crippen LogP contribution in [0.15, 0.2) is 30.5 Å². The Bertz CT molecular complexity index is 762. The van der Waals surface area contributed by atoms with Crippen LogP contribution in [0, 0.1) is 12.1 Å².